The van der Waals surface area contributed by atoms with Gasteiger partial charge in [0.15, 0.2) is 0 Å². The van der Waals surface area contributed by atoms with Crippen molar-refractivity contribution >= 4 is 11.5 Å². The number of benzene rings is 1. The van der Waals surface area contributed by atoms with Crippen LogP contribution in [0.3, 0.4) is 0 Å². The number of rotatable bonds is 6. The molecule has 1 heterocycles. The van der Waals surface area contributed by atoms with Crippen molar-refractivity contribution in [1.29, 1.82) is 0 Å². The lowest BCUT2D eigenvalue weighted by atomic mass is 10.2. The number of nitrogens with zero attached hydrogens (tertiary/aromatic N) is 2. The number of hydrogen-bond acceptors (Lipinski definition) is 3. The van der Waals surface area contributed by atoms with Crippen molar-refractivity contribution in [3.05, 3.63) is 54.0 Å². The van der Waals surface area contributed by atoms with Gasteiger partial charge in [-0.3, -0.25) is 0 Å². The van der Waals surface area contributed by atoms with E-state index in [1.165, 1.54) is 12.1 Å². The zero-order chi connectivity index (χ0) is 15.2. The van der Waals surface area contributed by atoms with Gasteiger partial charge in [0.2, 0.25) is 0 Å². The van der Waals surface area contributed by atoms with Crippen LogP contribution in [-0.2, 0) is 6.54 Å². The third kappa shape index (κ3) is 4.02. The zero-order valence-electron chi connectivity index (χ0n) is 12.8. The number of nitrogens with one attached hydrogen (secondary N) is 1. The fourth-order valence-electron chi connectivity index (χ4n) is 2.20. The number of halogens is 1. The minimum Gasteiger partial charge on any atom is -0.326 e. The summed E-state index contributed by atoms with van der Waals surface area (Å²) in [5, 5.41) is 3.42. The van der Waals surface area contributed by atoms with E-state index in [9.17, 15) is 4.39 Å². The molecule has 0 spiro atoms. The van der Waals surface area contributed by atoms with E-state index >= 15 is 0 Å². The quantitative estimate of drug-likeness (QED) is 0.874. The summed E-state index contributed by atoms with van der Waals surface area (Å²) >= 11 is 0. The second-order valence-corrected chi connectivity index (χ2v) is 5.24. The Morgan fingerprint density at radius 2 is 1.90 bits per heavy atom. The topological polar surface area (TPSA) is 28.2 Å². The van der Waals surface area contributed by atoms with Gasteiger partial charge in [-0.25, -0.2) is 9.37 Å². The molecule has 21 heavy (non-hydrogen) atoms. The first-order chi connectivity index (χ1) is 10.1. The van der Waals surface area contributed by atoms with Gasteiger partial charge in [0.25, 0.3) is 0 Å². The lowest BCUT2D eigenvalue weighted by Gasteiger charge is -2.25. The molecule has 112 valence electrons. The highest BCUT2D eigenvalue weighted by Gasteiger charge is 2.13. The molecule has 4 heteroatoms. The van der Waals surface area contributed by atoms with Crippen molar-refractivity contribution in [3.63, 3.8) is 0 Å². The summed E-state index contributed by atoms with van der Waals surface area (Å²) in [7, 11) is 0. The fourth-order valence-corrected chi connectivity index (χ4v) is 2.20. The molecule has 2 rings (SSSR count). The Hall–Kier alpha value is -1.94. The second kappa shape index (κ2) is 7.18. The van der Waals surface area contributed by atoms with Crippen LogP contribution in [0.5, 0.6) is 0 Å². The zero-order valence-corrected chi connectivity index (χ0v) is 12.8. The molecule has 1 N–H and O–H groups in total. The van der Waals surface area contributed by atoms with Crippen LogP contribution < -0.4 is 10.2 Å². The van der Waals surface area contributed by atoms with Gasteiger partial charge in [-0.15, -0.1) is 0 Å². The van der Waals surface area contributed by atoms with Crippen LogP contribution in [-0.4, -0.2) is 17.6 Å². The maximum atomic E-state index is 13.1. The maximum Gasteiger partial charge on any atom is 0.137 e. The van der Waals surface area contributed by atoms with Crippen molar-refractivity contribution in [2.24, 2.45) is 0 Å². The first kappa shape index (κ1) is 15.4. The summed E-state index contributed by atoms with van der Waals surface area (Å²) in [4.78, 5) is 6.61. The van der Waals surface area contributed by atoms with Crippen molar-refractivity contribution in [2.45, 2.75) is 33.4 Å². The van der Waals surface area contributed by atoms with Gasteiger partial charge in [-0.1, -0.05) is 19.9 Å². The van der Waals surface area contributed by atoms with E-state index in [1.54, 1.807) is 18.3 Å². The third-order valence-corrected chi connectivity index (χ3v) is 3.28. The second-order valence-electron chi connectivity index (χ2n) is 5.24. The lowest BCUT2D eigenvalue weighted by molar-refractivity contribution is 0.587. The van der Waals surface area contributed by atoms with Gasteiger partial charge in [-0.2, -0.15) is 0 Å². The van der Waals surface area contributed by atoms with Crippen molar-refractivity contribution in [1.82, 2.24) is 10.3 Å². The molecule has 0 atom stereocenters. The Balaban J connectivity index is 2.31. The van der Waals surface area contributed by atoms with E-state index in [2.05, 4.69) is 42.0 Å². The molecule has 0 bridgehead atoms. The van der Waals surface area contributed by atoms with Gasteiger partial charge in [0, 0.05) is 36.6 Å². The minimum atomic E-state index is -0.225. The molecule has 2 aromatic rings. The molecule has 0 amide bonds. The molecule has 0 radical (unpaired) electrons. The van der Waals surface area contributed by atoms with E-state index in [1.807, 2.05) is 6.07 Å². The molecule has 1 aromatic heterocycles. The molecule has 0 saturated carbocycles. The summed E-state index contributed by atoms with van der Waals surface area (Å²) in [5.74, 6) is 0.692. The average Bonchev–Trinajstić information content (AvgIpc) is 2.49. The Labute approximate surface area is 125 Å². The van der Waals surface area contributed by atoms with Gasteiger partial charge < -0.3 is 10.2 Å². The van der Waals surface area contributed by atoms with E-state index in [4.69, 9.17) is 0 Å². The average molecular weight is 287 g/mol. The molecule has 0 aliphatic carbocycles. The van der Waals surface area contributed by atoms with Gasteiger partial charge in [-0.05, 0) is 37.3 Å². The molecular formula is C17H22FN3. The first-order valence-electron chi connectivity index (χ1n) is 7.32. The highest BCUT2D eigenvalue weighted by Crippen LogP contribution is 2.26. The highest BCUT2D eigenvalue weighted by atomic mass is 19.1. The predicted molar refractivity (Wildman–Crippen MR) is 85.3 cm³/mol. The molecule has 3 nitrogen and oxygen atoms in total. The van der Waals surface area contributed by atoms with Crippen LogP contribution in [0.4, 0.5) is 15.9 Å². The molecule has 0 fully saturated rings. The molecule has 0 aliphatic rings. The van der Waals surface area contributed by atoms with E-state index < -0.39 is 0 Å². The van der Waals surface area contributed by atoms with E-state index in [0.29, 0.717) is 6.04 Å². The largest absolute Gasteiger partial charge is 0.326 e. The van der Waals surface area contributed by atoms with Crippen LogP contribution in [0.2, 0.25) is 0 Å². The van der Waals surface area contributed by atoms with Crippen molar-refractivity contribution in [2.75, 3.05) is 11.4 Å². The van der Waals surface area contributed by atoms with Gasteiger partial charge in [0.1, 0.15) is 11.6 Å². The molecular weight excluding hydrogens is 265 g/mol. The van der Waals surface area contributed by atoms with Crippen LogP contribution in [0.1, 0.15) is 26.3 Å². The Morgan fingerprint density at radius 1 is 1.19 bits per heavy atom. The minimum absolute atomic E-state index is 0.225. The SMILES string of the molecule is CCN(c1ccc(F)cc1)c1ncccc1CNC(C)C. The third-order valence-electron chi connectivity index (χ3n) is 3.28. The highest BCUT2D eigenvalue weighted by molar-refractivity contribution is 5.62. The summed E-state index contributed by atoms with van der Waals surface area (Å²) in [6, 6.07) is 11.0. The van der Waals surface area contributed by atoms with E-state index in [0.717, 1.165) is 30.2 Å². The smallest absolute Gasteiger partial charge is 0.137 e. The van der Waals surface area contributed by atoms with Crippen LogP contribution in [0, 0.1) is 5.82 Å². The molecule has 0 saturated heterocycles. The normalized spacial score (nSPS) is 10.9. The summed E-state index contributed by atoms with van der Waals surface area (Å²) in [6.45, 7) is 7.84. The van der Waals surface area contributed by atoms with E-state index in [-0.39, 0.29) is 5.82 Å². The van der Waals surface area contributed by atoms with Gasteiger partial charge in [0.05, 0.1) is 0 Å². The van der Waals surface area contributed by atoms with Crippen LogP contribution in [0.15, 0.2) is 42.6 Å². The molecule has 1 aromatic carbocycles. The predicted octanol–water partition coefficient (Wildman–Crippen LogP) is 3.88. The number of pyridine rings is 1. The molecule has 0 aliphatic heterocycles. The van der Waals surface area contributed by atoms with Gasteiger partial charge >= 0.3 is 0 Å². The molecule has 0 unspecified atom stereocenters. The fraction of sp³-hybridized carbons (Fsp3) is 0.353. The summed E-state index contributed by atoms with van der Waals surface area (Å²) < 4.78 is 13.1. The van der Waals surface area contributed by atoms with Crippen LogP contribution >= 0.6 is 0 Å². The standard InChI is InChI=1S/C17H22FN3/c1-4-21(16-9-7-15(18)8-10-16)17-14(6-5-11-19-17)12-20-13(2)3/h5-11,13,20H,4,12H2,1-3H3. The van der Waals surface area contributed by atoms with Crippen molar-refractivity contribution < 1.29 is 4.39 Å². The van der Waals surface area contributed by atoms with Crippen molar-refractivity contribution in [3.8, 4) is 0 Å². The summed E-state index contributed by atoms with van der Waals surface area (Å²) in [5.41, 5.74) is 2.08. The van der Waals surface area contributed by atoms with Crippen LogP contribution in [0.25, 0.3) is 0 Å². The monoisotopic (exact) mass is 287 g/mol. The number of anilines is 2. The Bertz CT molecular complexity index is 567. The Morgan fingerprint density at radius 3 is 2.52 bits per heavy atom. The number of aromatic nitrogens is 1. The Kier molecular flexibility index (Phi) is 5.28. The first-order valence-corrected chi connectivity index (χ1v) is 7.32. The maximum absolute atomic E-state index is 13.1. The summed E-state index contributed by atoms with van der Waals surface area (Å²) in [6.07, 6.45) is 1.79. The number of hydrogen-bond donors (Lipinski definition) is 1. The lowest BCUT2D eigenvalue weighted by Crippen LogP contribution is -2.25.